The van der Waals surface area contributed by atoms with E-state index in [0.29, 0.717) is 18.7 Å². The van der Waals surface area contributed by atoms with Crippen molar-refractivity contribution < 1.29 is 22.7 Å². The third-order valence-electron chi connectivity index (χ3n) is 3.40. The lowest BCUT2D eigenvalue weighted by Gasteiger charge is -2.15. The highest BCUT2D eigenvalue weighted by Crippen LogP contribution is 2.29. The summed E-state index contributed by atoms with van der Waals surface area (Å²) in [5.74, 6) is -0.129. The number of hydrogen-bond acceptors (Lipinski definition) is 2. The van der Waals surface area contributed by atoms with E-state index in [-0.39, 0.29) is 18.6 Å². The minimum Gasteiger partial charge on any atom is -0.372 e. The highest BCUT2D eigenvalue weighted by molar-refractivity contribution is 5.87. The van der Waals surface area contributed by atoms with Crippen molar-refractivity contribution in [3.63, 3.8) is 0 Å². The van der Waals surface area contributed by atoms with Crippen molar-refractivity contribution in [2.45, 2.75) is 25.3 Å². The third-order valence-corrected chi connectivity index (χ3v) is 3.40. The Morgan fingerprint density at radius 2 is 2.05 bits per heavy atom. The summed E-state index contributed by atoms with van der Waals surface area (Å²) in [6, 6.07) is 4.90. The van der Waals surface area contributed by atoms with Crippen LogP contribution in [0.2, 0.25) is 0 Å². The standard InChI is InChI=1S/C15H16F3NO2/c1-2-14(20)19-8-7-13(9-19)21-10-11-3-5-12(6-4-11)15(16,17)18/h2-6,13H,1,7-10H2. The quantitative estimate of drug-likeness (QED) is 0.800. The third kappa shape index (κ3) is 4.07. The molecule has 1 aliphatic heterocycles. The topological polar surface area (TPSA) is 29.5 Å². The van der Waals surface area contributed by atoms with Crippen molar-refractivity contribution in [3.05, 3.63) is 48.0 Å². The molecule has 1 aliphatic rings. The average Bonchev–Trinajstić information content (AvgIpc) is 2.92. The van der Waals surface area contributed by atoms with Crippen molar-refractivity contribution in [3.8, 4) is 0 Å². The molecule has 1 atom stereocenters. The number of likely N-dealkylation sites (tertiary alicyclic amines) is 1. The van der Waals surface area contributed by atoms with Gasteiger partial charge < -0.3 is 9.64 Å². The molecule has 1 aromatic rings. The van der Waals surface area contributed by atoms with Gasteiger partial charge in [-0.3, -0.25) is 4.79 Å². The number of halogens is 3. The number of hydrogen-bond donors (Lipinski definition) is 0. The molecular formula is C15H16F3NO2. The molecule has 2 rings (SSSR count). The van der Waals surface area contributed by atoms with Gasteiger partial charge in [0.05, 0.1) is 18.3 Å². The van der Waals surface area contributed by atoms with Crippen LogP contribution in [0.1, 0.15) is 17.5 Å². The molecule has 0 saturated carbocycles. The maximum absolute atomic E-state index is 12.4. The minimum absolute atomic E-state index is 0.0869. The van der Waals surface area contributed by atoms with Crippen LogP contribution < -0.4 is 0 Å². The molecule has 21 heavy (non-hydrogen) atoms. The maximum atomic E-state index is 12.4. The number of carbonyl (C=O) groups excluding carboxylic acids is 1. The zero-order valence-electron chi connectivity index (χ0n) is 11.4. The average molecular weight is 299 g/mol. The fraction of sp³-hybridized carbons (Fsp3) is 0.400. The number of nitrogens with zero attached hydrogens (tertiary/aromatic N) is 1. The van der Waals surface area contributed by atoms with Crippen LogP contribution in [0.15, 0.2) is 36.9 Å². The van der Waals surface area contributed by atoms with Gasteiger partial charge in [0, 0.05) is 13.1 Å². The van der Waals surface area contributed by atoms with Gasteiger partial charge in [-0.25, -0.2) is 0 Å². The Morgan fingerprint density at radius 1 is 1.38 bits per heavy atom. The normalized spacial score (nSPS) is 18.8. The lowest BCUT2D eigenvalue weighted by molar-refractivity contribution is -0.137. The van der Waals surface area contributed by atoms with Crippen molar-refractivity contribution in [1.82, 2.24) is 4.90 Å². The van der Waals surface area contributed by atoms with Gasteiger partial charge in [0.2, 0.25) is 5.91 Å². The summed E-state index contributed by atoms with van der Waals surface area (Å²) < 4.78 is 42.9. The molecule has 0 bridgehead atoms. The molecule has 1 fully saturated rings. The van der Waals surface area contributed by atoms with Crippen LogP contribution in [-0.2, 0) is 22.3 Å². The van der Waals surface area contributed by atoms with E-state index >= 15 is 0 Å². The SMILES string of the molecule is C=CC(=O)N1CCC(OCc2ccc(C(F)(F)F)cc2)C1. The van der Waals surface area contributed by atoms with E-state index in [1.165, 1.54) is 18.2 Å². The van der Waals surface area contributed by atoms with Crippen LogP contribution in [0.4, 0.5) is 13.2 Å². The number of rotatable bonds is 4. The molecular weight excluding hydrogens is 283 g/mol. The number of ether oxygens (including phenoxy) is 1. The van der Waals surface area contributed by atoms with Crippen molar-refractivity contribution in [2.24, 2.45) is 0 Å². The Hall–Kier alpha value is -1.82. The van der Waals surface area contributed by atoms with Gasteiger partial charge in [0.15, 0.2) is 0 Å². The van der Waals surface area contributed by atoms with E-state index in [4.69, 9.17) is 4.74 Å². The van der Waals surface area contributed by atoms with Crippen LogP contribution in [-0.4, -0.2) is 30.0 Å². The van der Waals surface area contributed by atoms with Gasteiger partial charge in [-0.2, -0.15) is 13.2 Å². The van der Waals surface area contributed by atoms with Gasteiger partial charge in [0.25, 0.3) is 0 Å². The smallest absolute Gasteiger partial charge is 0.372 e. The molecule has 3 nitrogen and oxygen atoms in total. The second kappa shape index (κ2) is 6.30. The van der Waals surface area contributed by atoms with Gasteiger partial charge in [-0.1, -0.05) is 18.7 Å². The summed E-state index contributed by atoms with van der Waals surface area (Å²) >= 11 is 0. The molecule has 1 heterocycles. The van der Waals surface area contributed by atoms with Crippen LogP contribution >= 0.6 is 0 Å². The minimum atomic E-state index is -4.32. The van der Waals surface area contributed by atoms with Crippen molar-refractivity contribution >= 4 is 5.91 Å². The van der Waals surface area contributed by atoms with Crippen LogP contribution in [0.3, 0.4) is 0 Å². The molecule has 1 aromatic carbocycles. The lowest BCUT2D eigenvalue weighted by atomic mass is 10.1. The number of carbonyl (C=O) groups is 1. The van der Waals surface area contributed by atoms with E-state index in [9.17, 15) is 18.0 Å². The lowest BCUT2D eigenvalue weighted by Crippen LogP contribution is -2.28. The fourth-order valence-electron chi connectivity index (χ4n) is 2.20. The van der Waals surface area contributed by atoms with Crippen LogP contribution in [0.25, 0.3) is 0 Å². The van der Waals surface area contributed by atoms with Crippen molar-refractivity contribution in [1.29, 1.82) is 0 Å². The fourth-order valence-corrected chi connectivity index (χ4v) is 2.20. The summed E-state index contributed by atoms with van der Waals surface area (Å²) in [4.78, 5) is 13.1. The van der Waals surface area contributed by atoms with Gasteiger partial charge in [-0.15, -0.1) is 0 Å². The number of benzene rings is 1. The van der Waals surface area contributed by atoms with Crippen LogP contribution in [0, 0.1) is 0 Å². The van der Waals surface area contributed by atoms with E-state index < -0.39 is 11.7 Å². The van der Waals surface area contributed by atoms with Gasteiger partial charge in [0.1, 0.15) is 0 Å². The first-order chi connectivity index (χ1) is 9.90. The van der Waals surface area contributed by atoms with E-state index in [2.05, 4.69) is 6.58 Å². The number of alkyl halides is 3. The summed E-state index contributed by atoms with van der Waals surface area (Å²) in [7, 11) is 0. The summed E-state index contributed by atoms with van der Waals surface area (Å²) in [6.45, 7) is 4.77. The number of amides is 1. The zero-order chi connectivity index (χ0) is 15.5. The van der Waals surface area contributed by atoms with Gasteiger partial charge in [-0.05, 0) is 30.2 Å². The molecule has 0 aliphatic carbocycles. The molecule has 1 saturated heterocycles. The van der Waals surface area contributed by atoms with Crippen LogP contribution in [0.5, 0.6) is 0 Å². The predicted molar refractivity (Wildman–Crippen MR) is 71.4 cm³/mol. The Labute approximate surface area is 121 Å². The van der Waals surface area contributed by atoms with Gasteiger partial charge >= 0.3 is 6.18 Å². The molecule has 1 unspecified atom stereocenters. The molecule has 0 N–H and O–H groups in total. The van der Waals surface area contributed by atoms with E-state index in [0.717, 1.165) is 18.6 Å². The maximum Gasteiger partial charge on any atom is 0.416 e. The van der Waals surface area contributed by atoms with Crippen molar-refractivity contribution in [2.75, 3.05) is 13.1 Å². The summed E-state index contributed by atoms with van der Waals surface area (Å²) in [6.07, 6.45) is -2.43. The molecule has 114 valence electrons. The predicted octanol–water partition coefficient (Wildman–Crippen LogP) is 3.01. The Kier molecular flexibility index (Phi) is 4.67. The Balaban J connectivity index is 1.84. The second-order valence-corrected chi connectivity index (χ2v) is 4.90. The largest absolute Gasteiger partial charge is 0.416 e. The molecule has 0 aromatic heterocycles. The Morgan fingerprint density at radius 3 is 2.62 bits per heavy atom. The first kappa shape index (κ1) is 15.6. The summed E-state index contributed by atoms with van der Waals surface area (Å²) in [5.41, 5.74) is 0.00590. The zero-order valence-corrected chi connectivity index (χ0v) is 11.4. The highest BCUT2D eigenvalue weighted by Gasteiger charge is 2.30. The summed E-state index contributed by atoms with van der Waals surface area (Å²) in [5, 5.41) is 0. The van der Waals surface area contributed by atoms with E-state index in [1.54, 1.807) is 4.90 Å². The molecule has 0 spiro atoms. The first-order valence-corrected chi connectivity index (χ1v) is 6.59. The monoisotopic (exact) mass is 299 g/mol. The molecule has 0 radical (unpaired) electrons. The second-order valence-electron chi connectivity index (χ2n) is 4.90. The molecule has 1 amide bonds. The first-order valence-electron chi connectivity index (χ1n) is 6.59. The Bertz CT molecular complexity index is 511. The molecule has 6 heteroatoms. The highest BCUT2D eigenvalue weighted by atomic mass is 19.4. The van der Waals surface area contributed by atoms with E-state index in [1.807, 2.05) is 0 Å².